The number of nitrogens with two attached hydrogens (primary N) is 2. The molecule has 0 saturated carbocycles. The van der Waals surface area contributed by atoms with Gasteiger partial charge in [-0.05, 0) is 24.6 Å². The number of nitrogens with zero attached hydrogens (tertiary/aromatic N) is 4. The first-order chi connectivity index (χ1) is 16.2. The Labute approximate surface area is 194 Å². The number of rotatable bonds is 5. The molecule has 5 rings (SSSR count). The molecule has 3 aromatic heterocycles. The summed E-state index contributed by atoms with van der Waals surface area (Å²) in [6, 6.07) is 5.21. The van der Waals surface area contributed by atoms with Gasteiger partial charge in [0.1, 0.15) is 29.3 Å². The van der Waals surface area contributed by atoms with Gasteiger partial charge in [0.05, 0.1) is 24.7 Å². The smallest absolute Gasteiger partial charge is 0.387 e. The minimum atomic E-state index is -3.95. The van der Waals surface area contributed by atoms with Crippen LogP contribution in [0.5, 0.6) is 0 Å². The van der Waals surface area contributed by atoms with Crippen molar-refractivity contribution in [1.29, 1.82) is 0 Å². The van der Waals surface area contributed by atoms with E-state index >= 15 is 0 Å². The third-order valence-corrected chi connectivity index (χ3v) is 7.44. The molecule has 6 atom stereocenters. The summed E-state index contributed by atoms with van der Waals surface area (Å²) in [5.41, 5.74) is 10.9. The summed E-state index contributed by atoms with van der Waals surface area (Å²) in [7, 11) is -3.95. The van der Waals surface area contributed by atoms with E-state index in [2.05, 4.69) is 15.0 Å². The number of aliphatic hydroxyl groups excluding tert-OH is 1. The van der Waals surface area contributed by atoms with Crippen LogP contribution in [0, 0.1) is 0 Å². The Balaban J connectivity index is 1.33. The molecule has 13 nitrogen and oxygen atoms in total. The SMILES string of the molecule is C[C@@]1(O)[C@H](O)[C@@H](COP2(=O)OCCC(c3cccnc3)O2)O[C@H]1n1ccc2c(N)nc(N)nc21. The second kappa shape index (κ2) is 8.54. The van der Waals surface area contributed by atoms with E-state index in [0.29, 0.717) is 17.5 Å². The predicted molar refractivity (Wildman–Crippen MR) is 119 cm³/mol. The number of phosphoric ester groups is 1. The van der Waals surface area contributed by atoms with Crippen molar-refractivity contribution < 1.29 is 33.1 Å². The first kappa shape index (κ1) is 23.1. The second-order valence-corrected chi connectivity index (χ2v) is 9.99. The summed E-state index contributed by atoms with van der Waals surface area (Å²) in [6.45, 7) is 1.21. The van der Waals surface area contributed by atoms with Crippen LogP contribution >= 0.6 is 7.82 Å². The average molecular weight is 492 g/mol. The molecule has 0 amide bonds. The summed E-state index contributed by atoms with van der Waals surface area (Å²) in [4.78, 5) is 12.1. The number of ether oxygens (including phenoxy) is 1. The molecule has 182 valence electrons. The first-order valence-electron chi connectivity index (χ1n) is 10.6. The fraction of sp³-hybridized carbons (Fsp3) is 0.450. The van der Waals surface area contributed by atoms with Crippen molar-refractivity contribution in [2.45, 2.75) is 43.5 Å². The van der Waals surface area contributed by atoms with Crippen molar-refractivity contribution >= 4 is 30.6 Å². The lowest BCUT2D eigenvalue weighted by Crippen LogP contribution is -2.44. The van der Waals surface area contributed by atoms with E-state index in [1.807, 2.05) is 6.07 Å². The number of pyridine rings is 1. The summed E-state index contributed by atoms with van der Waals surface area (Å²) in [5.74, 6) is 0.128. The van der Waals surface area contributed by atoms with Crippen molar-refractivity contribution in [1.82, 2.24) is 19.5 Å². The van der Waals surface area contributed by atoms with E-state index < -0.39 is 38.0 Å². The molecule has 2 aliphatic rings. The van der Waals surface area contributed by atoms with Crippen LogP contribution in [0.25, 0.3) is 11.0 Å². The molecule has 2 unspecified atom stereocenters. The topological polar surface area (TPSA) is 190 Å². The quantitative estimate of drug-likeness (QED) is 0.374. The van der Waals surface area contributed by atoms with Crippen molar-refractivity contribution in [3.8, 4) is 0 Å². The second-order valence-electron chi connectivity index (χ2n) is 8.37. The van der Waals surface area contributed by atoms with Gasteiger partial charge in [-0.2, -0.15) is 9.97 Å². The predicted octanol–water partition coefficient (Wildman–Crippen LogP) is 1.30. The largest absolute Gasteiger partial charge is 0.475 e. The molecule has 2 aliphatic heterocycles. The van der Waals surface area contributed by atoms with Gasteiger partial charge in [0.2, 0.25) is 5.95 Å². The number of hydrogen-bond acceptors (Lipinski definition) is 12. The average Bonchev–Trinajstić information content (AvgIpc) is 3.32. The third-order valence-electron chi connectivity index (χ3n) is 5.96. The summed E-state index contributed by atoms with van der Waals surface area (Å²) < 4.78 is 36.9. The van der Waals surface area contributed by atoms with Crippen molar-refractivity contribution in [2.24, 2.45) is 0 Å². The molecule has 0 radical (unpaired) electrons. The van der Waals surface area contributed by atoms with Crippen LogP contribution in [-0.2, 0) is 22.9 Å². The molecule has 0 bridgehead atoms. The molecular weight excluding hydrogens is 467 g/mol. The molecule has 0 spiro atoms. The fourth-order valence-corrected chi connectivity index (χ4v) is 5.57. The molecule has 6 N–H and O–H groups in total. The van der Waals surface area contributed by atoms with Gasteiger partial charge in [-0.15, -0.1) is 0 Å². The van der Waals surface area contributed by atoms with E-state index in [-0.39, 0.29) is 25.0 Å². The monoisotopic (exact) mass is 492 g/mol. The molecule has 5 heterocycles. The lowest BCUT2D eigenvalue weighted by molar-refractivity contribution is -0.0950. The van der Waals surface area contributed by atoms with Gasteiger partial charge >= 0.3 is 7.82 Å². The Morgan fingerprint density at radius 1 is 1.35 bits per heavy atom. The Kier molecular flexibility index (Phi) is 5.81. The lowest BCUT2D eigenvalue weighted by Gasteiger charge is -2.30. The third kappa shape index (κ3) is 4.05. The number of aliphatic hydroxyl groups is 2. The van der Waals surface area contributed by atoms with E-state index in [4.69, 9.17) is 29.8 Å². The number of phosphoric acid groups is 1. The van der Waals surface area contributed by atoms with Gasteiger partial charge in [-0.1, -0.05) is 6.07 Å². The Morgan fingerprint density at radius 3 is 2.94 bits per heavy atom. The normalized spacial score (nSPS) is 34.0. The zero-order valence-electron chi connectivity index (χ0n) is 18.2. The highest BCUT2D eigenvalue weighted by atomic mass is 31.2. The van der Waals surface area contributed by atoms with E-state index in [0.717, 1.165) is 5.56 Å². The van der Waals surface area contributed by atoms with Gasteiger partial charge in [-0.3, -0.25) is 18.6 Å². The Morgan fingerprint density at radius 2 is 2.18 bits per heavy atom. The van der Waals surface area contributed by atoms with Gasteiger partial charge in [-0.25, -0.2) is 4.57 Å². The Hall–Kier alpha value is -2.64. The molecule has 0 aliphatic carbocycles. The van der Waals surface area contributed by atoms with Gasteiger partial charge < -0.3 is 31.0 Å². The molecule has 14 heteroatoms. The Bertz CT molecular complexity index is 1240. The molecule has 3 aromatic rings. The van der Waals surface area contributed by atoms with Gasteiger partial charge in [0, 0.05) is 25.0 Å². The van der Waals surface area contributed by atoms with E-state index in [9.17, 15) is 14.8 Å². The number of hydrogen-bond donors (Lipinski definition) is 4. The highest BCUT2D eigenvalue weighted by molar-refractivity contribution is 7.48. The highest BCUT2D eigenvalue weighted by Gasteiger charge is 2.54. The molecule has 2 fully saturated rings. The number of nitrogen functional groups attached to an aromatic ring is 2. The van der Waals surface area contributed by atoms with Crippen LogP contribution in [0.4, 0.5) is 11.8 Å². The van der Waals surface area contributed by atoms with Crippen molar-refractivity contribution in [2.75, 3.05) is 24.7 Å². The van der Waals surface area contributed by atoms with Crippen LogP contribution in [-0.4, -0.2) is 60.8 Å². The number of fused-ring (bicyclic) bond motifs is 1. The number of aromatic nitrogens is 4. The van der Waals surface area contributed by atoms with Crippen LogP contribution in [0.3, 0.4) is 0 Å². The van der Waals surface area contributed by atoms with Crippen LogP contribution in [0.1, 0.15) is 31.2 Å². The summed E-state index contributed by atoms with van der Waals surface area (Å²) >= 11 is 0. The summed E-state index contributed by atoms with van der Waals surface area (Å²) in [6.07, 6.45) is 1.30. The lowest BCUT2D eigenvalue weighted by atomic mass is 9.96. The zero-order chi connectivity index (χ0) is 24.1. The summed E-state index contributed by atoms with van der Waals surface area (Å²) in [5, 5.41) is 22.4. The van der Waals surface area contributed by atoms with Crippen LogP contribution < -0.4 is 11.5 Å². The van der Waals surface area contributed by atoms with Crippen molar-refractivity contribution in [3.05, 3.63) is 42.4 Å². The standard InChI is InChI=1S/C20H25N6O7P/c1-20(28)15(27)14(32-18(20)26-7-4-12-16(21)24-19(22)25-17(12)26)10-31-34(29)30-8-5-13(33-34)11-3-2-6-23-9-11/h2-4,6-7,9,13-15,18,27-28H,5,8,10H2,1H3,(H4,21,22,24,25)/t13?,14-,15-,18-,20-,34?/m1/s1. The molecular formula is C20H25N6O7P. The first-order valence-corrected chi connectivity index (χ1v) is 12.1. The zero-order valence-corrected chi connectivity index (χ0v) is 19.1. The van der Waals surface area contributed by atoms with E-state index in [1.165, 1.54) is 11.5 Å². The minimum Gasteiger partial charge on any atom is -0.387 e. The molecule has 34 heavy (non-hydrogen) atoms. The molecule has 0 aromatic carbocycles. The maximum absolute atomic E-state index is 13.1. The van der Waals surface area contributed by atoms with E-state index in [1.54, 1.807) is 30.7 Å². The van der Waals surface area contributed by atoms with Gasteiger partial charge in [0.25, 0.3) is 0 Å². The minimum absolute atomic E-state index is 0.0455. The van der Waals surface area contributed by atoms with Crippen LogP contribution in [0.15, 0.2) is 36.8 Å². The highest BCUT2D eigenvalue weighted by Crippen LogP contribution is 2.57. The van der Waals surface area contributed by atoms with Crippen molar-refractivity contribution in [3.63, 3.8) is 0 Å². The maximum Gasteiger partial charge on any atom is 0.475 e. The number of anilines is 2. The fourth-order valence-electron chi connectivity index (χ4n) is 4.18. The van der Waals surface area contributed by atoms with Gasteiger partial charge in [0.15, 0.2) is 6.23 Å². The molecule has 2 saturated heterocycles. The maximum atomic E-state index is 13.1. The van der Waals surface area contributed by atoms with Crippen LogP contribution in [0.2, 0.25) is 0 Å².